The van der Waals surface area contributed by atoms with Crippen LogP contribution in [0.1, 0.15) is 79.4 Å². The van der Waals surface area contributed by atoms with Gasteiger partial charge in [0, 0.05) is 0 Å². The zero-order valence-corrected chi connectivity index (χ0v) is 18.5. The molecule has 1 atom stereocenters. The number of aliphatic imine (C=N–C) groups is 1. The van der Waals surface area contributed by atoms with Gasteiger partial charge in [-0.05, 0) is 76.9 Å². The molecule has 1 fully saturated rings. The second-order valence-corrected chi connectivity index (χ2v) is 8.62. The monoisotopic (exact) mass is 372 g/mol. The van der Waals surface area contributed by atoms with Crippen LogP contribution in [0, 0.1) is 0 Å². The molecule has 5 heteroatoms. The topological polar surface area (TPSA) is 56.8 Å². The summed E-state index contributed by atoms with van der Waals surface area (Å²) in [6, 6.07) is 6.63. The van der Waals surface area contributed by atoms with Gasteiger partial charge in [0.05, 0.1) is 22.6 Å². The highest BCUT2D eigenvalue weighted by molar-refractivity contribution is 6.62. The normalized spacial score (nSPS) is 26.2. The third-order valence-electron chi connectivity index (χ3n) is 6.21. The van der Waals surface area contributed by atoms with Crippen LogP contribution in [0.2, 0.25) is 0 Å². The molecule has 1 aliphatic carbocycles. The molecule has 27 heavy (non-hydrogen) atoms. The highest BCUT2D eigenvalue weighted by Gasteiger charge is 2.51. The summed E-state index contributed by atoms with van der Waals surface area (Å²) in [5.41, 5.74) is 9.06. The average Bonchev–Trinajstić information content (AvgIpc) is 2.83. The van der Waals surface area contributed by atoms with Crippen LogP contribution < -0.4 is 11.2 Å². The van der Waals surface area contributed by atoms with Crippen molar-refractivity contribution >= 4 is 18.4 Å². The summed E-state index contributed by atoms with van der Waals surface area (Å²) in [7, 11) is -0.312. The predicted molar refractivity (Wildman–Crippen MR) is 116 cm³/mol. The fourth-order valence-electron chi connectivity index (χ4n) is 3.84. The van der Waals surface area contributed by atoms with Crippen LogP contribution in [0.25, 0.3) is 0 Å². The van der Waals surface area contributed by atoms with Crippen LogP contribution in [0.3, 0.4) is 0 Å². The van der Waals surface area contributed by atoms with Gasteiger partial charge in [-0.2, -0.15) is 0 Å². The number of benzene rings is 1. The molecule has 1 unspecified atom stereocenters. The Morgan fingerprint density at radius 1 is 1.11 bits per heavy atom. The molecule has 0 radical (unpaired) electrons. The average molecular weight is 372 g/mol. The van der Waals surface area contributed by atoms with Crippen molar-refractivity contribution in [1.29, 1.82) is 0 Å². The number of amidine groups is 1. The molecule has 1 aromatic carbocycles. The van der Waals surface area contributed by atoms with Gasteiger partial charge in [0.2, 0.25) is 0 Å². The lowest BCUT2D eigenvalue weighted by Gasteiger charge is -2.34. The van der Waals surface area contributed by atoms with Crippen molar-refractivity contribution in [2.75, 3.05) is 0 Å². The van der Waals surface area contributed by atoms with E-state index in [2.05, 4.69) is 52.8 Å². The van der Waals surface area contributed by atoms with Gasteiger partial charge >= 0.3 is 7.12 Å². The van der Waals surface area contributed by atoms with Crippen molar-refractivity contribution < 1.29 is 9.31 Å². The maximum atomic E-state index is 6.21. The Kier molecular flexibility index (Phi) is 6.48. The van der Waals surface area contributed by atoms with E-state index < -0.39 is 0 Å². The Morgan fingerprint density at radius 2 is 1.70 bits per heavy atom. The van der Waals surface area contributed by atoms with Crippen LogP contribution in [-0.2, 0) is 22.2 Å². The molecule has 0 amide bonds. The van der Waals surface area contributed by atoms with E-state index >= 15 is 0 Å². The summed E-state index contributed by atoms with van der Waals surface area (Å²) in [6.45, 7) is 16.4. The molecule has 0 aromatic heterocycles. The quantitative estimate of drug-likeness (QED) is 0.495. The molecule has 1 heterocycles. The molecular formula is C22H37BN2O2. The first-order valence-corrected chi connectivity index (χ1v) is 10.4. The molecule has 0 spiro atoms. The summed E-state index contributed by atoms with van der Waals surface area (Å²) >= 11 is 0. The van der Waals surface area contributed by atoms with Crippen LogP contribution >= 0.6 is 0 Å². The van der Waals surface area contributed by atoms with Crippen molar-refractivity contribution in [2.45, 2.75) is 97.8 Å². The minimum absolute atomic E-state index is 0.0691. The molecule has 1 saturated heterocycles. The summed E-state index contributed by atoms with van der Waals surface area (Å²) in [4.78, 5) is 4.79. The summed E-state index contributed by atoms with van der Waals surface area (Å²) in [5, 5.41) is 0. The van der Waals surface area contributed by atoms with E-state index in [9.17, 15) is 0 Å². The number of hydrogen-bond acceptors (Lipinski definition) is 3. The third-order valence-corrected chi connectivity index (χ3v) is 6.21. The Bertz CT molecular complexity index is 680. The van der Waals surface area contributed by atoms with E-state index in [1.807, 2.05) is 20.8 Å². The zero-order chi connectivity index (χ0) is 20.5. The SMILES string of the molecule is CC.CCC1(N=C(C)N)CCc2ccc(B3OC(C)(C)C(C)(C)O3)cc2C1. The Balaban J connectivity index is 0.00000126. The Labute approximate surface area is 166 Å². The van der Waals surface area contributed by atoms with Crippen molar-refractivity contribution in [1.82, 2.24) is 0 Å². The third kappa shape index (κ3) is 4.40. The maximum Gasteiger partial charge on any atom is 0.494 e. The second-order valence-electron chi connectivity index (χ2n) is 8.62. The lowest BCUT2D eigenvalue weighted by atomic mass is 9.72. The minimum Gasteiger partial charge on any atom is -0.399 e. The first-order valence-electron chi connectivity index (χ1n) is 10.4. The van der Waals surface area contributed by atoms with Gasteiger partial charge < -0.3 is 15.0 Å². The number of nitrogens with zero attached hydrogens (tertiary/aromatic N) is 1. The first-order chi connectivity index (χ1) is 12.6. The van der Waals surface area contributed by atoms with Gasteiger partial charge in [0.25, 0.3) is 0 Å². The highest BCUT2D eigenvalue weighted by atomic mass is 16.7. The number of hydrogen-bond donors (Lipinski definition) is 1. The highest BCUT2D eigenvalue weighted by Crippen LogP contribution is 2.38. The summed E-state index contributed by atoms with van der Waals surface area (Å²) < 4.78 is 12.4. The van der Waals surface area contributed by atoms with E-state index in [0.29, 0.717) is 5.84 Å². The van der Waals surface area contributed by atoms with Gasteiger partial charge in [0.15, 0.2) is 0 Å². The predicted octanol–water partition coefficient (Wildman–Crippen LogP) is 4.03. The molecular weight excluding hydrogens is 335 g/mol. The smallest absolute Gasteiger partial charge is 0.399 e. The van der Waals surface area contributed by atoms with Crippen LogP contribution in [0.4, 0.5) is 0 Å². The second kappa shape index (κ2) is 7.96. The maximum absolute atomic E-state index is 6.21. The zero-order valence-electron chi connectivity index (χ0n) is 18.5. The van der Waals surface area contributed by atoms with Crippen LogP contribution in [-0.4, -0.2) is 29.7 Å². The summed E-state index contributed by atoms with van der Waals surface area (Å²) in [6.07, 6.45) is 4.03. The lowest BCUT2D eigenvalue weighted by molar-refractivity contribution is 0.00578. The minimum atomic E-state index is -0.318. The van der Waals surface area contributed by atoms with Crippen molar-refractivity contribution in [3.63, 3.8) is 0 Å². The van der Waals surface area contributed by atoms with E-state index in [-0.39, 0.29) is 23.9 Å². The van der Waals surface area contributed by atoms with E-state index in [0.717, 1.165) is 31.1 Å². The molecule has 0 bridgehead atoms. The van der Waals surface area contributed by atoms with Gasteiger partial charge in [-0.3, -0.25) is 4.99 Å². The number of aryl methyl sites for hydroxylation is 1. The van der Waals surface area contributed by atoms with Gasteiger partial charge in [-0.1, -0.05) is 39.0 Å². The van der Waals surface area contributed by atoms with Gasteiger partial charge in [-0.25, -0.2) is 0 Å². The number of nitrogens with two attached hydrogens (primary N) is 1. The van der Waals surface area contributed by atoms with E-state index in [1.54, 1.807) is 0 Å². The van der Waals surface area contributed by atoms with Crippen LogP contribution in [0.15, 0.2) is 23.2 Å². The molecule has 2 N–H and O–H groups in total. The molecule has 0 saturated carbocycles. The Hall–Kier alpha value is -1.33. The fraction of sp³-hybridized carbons (Fsp3) is 0.682. The van der Waals surface area contributed by atoms with Crippen molar-refractivity contribution in [3.8, 4) is 0 Å². The van der Waals surface area contributed by atoms with Gasteiger partial charge in [-0.15, -0.1) is 0 Å². The molecule has 3 rings (SSSR count). The van der Waals surface area contributed by atoms with E-state index in [1.165, 1.54) is 11.1 Å². The van der Waals surface area contributed by atoms with Crippen LogP contribution in [0.5, 0.6) is 0 Å². The first kappa shape index (κ1) is 22.0. The number of rotatable bonds is 3. The molecule has 4 nitrogen and oxygen atoms in total. The fourth-order valence-corrected chi connectivity index (χ4v) is 3.84. The molecule has 1 aliphatic heterocycles. The summed E-state index contributed by atoms with van der Waals surface area (Å²) in [5.74, 6) is 0.674. The lowest BCUT2D eigenvalue weighted by Crippen LogP contribution is -2.41. The van der Waals surface area contributed by atoms with Crippen molar-refractivity contribution in [2.24, 2.45) is 10.7 Å². The number of fused-ring (bicyclic) bond motifs is 1. The molecule has 150 valence electrons. The Morgan fingerprint density at radius 3 is 2.22 bits per heavy atom. The van der Waals surface area contributed by atoms with Gasteiger partial charge in [0.1, 0.15) is 0 Å². The molecule has 2 aliphatic rings. The largest absolute Gasteiger partial charge is 0.494 e. The molecule has 1 aromatic rings. The standard InChI is InChI=1S/C20H31BN2O2.C2H6/c1-7-20(23-14(2)22)11-10-15-8-9-17(12-16(15)13-20)21-24-18(3,4)19(5,6)25-21;1-2/h8-9,12H,7,10-11,13H2,1-6H3,(H2,22,23);1-2H3. The van der Waals surface area contributed by atoms with E-state index in [4.69, 9.17) is 20.0 Å². The van der Waals surface area contributed by atoms with Crippen molar-refractivity contribution in [3.05, 3.63) is 29.3 Å².